The van der Waals surface area contributed by atoms with Crippen molar-refractivity contribution in [2.75, 3.05) is 6.61 Å². The highest BCUT2D eigenvalue weighted by molar-refractivity contribution is 9.10. The van der Waals surface area contributed by atoms with Crippen LogP contribution in [0.25, 0.3) is 0 Å². The van der Waals surface area contributed by atoms with Crippen LogP contribution in [0.15, 0.2) is 33.6 Å². The molecule has 0 aromatic heterocycles. The van der Waals surface area contributed by atoms with Crippen LogP contribution in [-0.4, -0.2) is 24.9 Å². The van der Waals surface area contributed by atoms with Crippen LogP contribution in [-0.2, 0) is 9.84 Å². The molecular weight excluding hydrogens is 280 g/mol. The molecule has 0 heterocycles. The molecule has 0 bridgehead atoms. The summed E-state index contributed by atoms with van der Waals surface area (Å²) in [5.41, 5.74) is 0. The molecule has 0 atom stereocenters. The second kappa shape index (κ2) is 3.57. The van der Waals surface area contributed by atoms with Crippen molar-refractivity contribution in [3.05, 3.63) is 28.7 Å². The minimum absolute atomic E-state index is 0.286. The van der Waals surface area contributed by atoms with Gasteiger partial charge in [-0.3, -0.25) is 0 Å². The highest BCUT2D eigenvalue weighted by Crippen LogP contribution is 2.46. The maximum atomic E-state index is 12.1. The fourth-order valence-corrected chi connectivity index (χ4v) is 3.58. The highest BCUT2D eigenvalue weighted by Gasteiger charge is 2.54. The van der Waals surface area contributed by atoms with Gasteiger partial charge in [0.25, 0.3) is 0 Å². The third-order valence-corrected chi connectivity index (χ3v) is 5.89. The Bertz CT molecular complexity index is 460. The number of hydrogen-bond donors (Lipinski definition) is 1. The first-order chi connectivity index (χ1) is 7.02. The number of aliphatic hydroxyl groups excluding tert-OH is 1. The van der Waals surface area contributed by atoms with Crippen molar-refractivity contribution in [3.8, 4) is 0 Å². The van der Waals surface area contributed by atoms with Crippen molar-refractivity contribution in [1.82, 2.24) is 0 Å². The Hall–Kier alpha value is -0.390. The fourth-order valence-electron chi connectivity index (χ4n) is 1.51. The van der Waals surface area contributed by atoms with Gasteiger partial charge in [0.05, 0.1) is 16.2 Å². The smallest absolute Gasteiger partial charge is 0.186 e. The number of hydrogen-bond acceptors (Lipinski definition) is 3. The third-order valence-electron chi connectivity index (χ3n) is 2.79. The Kier molecular flexibility index (Phi) is 2.65. The highest BCUT2D eigenvalue weighted by atomic mass is 79.9. The van der Waals surface area contributed by atoms with E-state index in [9.17, 15) is 8.42 Å². The van der Waals surface area contributed by atoms with Crippen molar-refractivity contribution in [1.29, 1.82) is 0 Å². The molecule has 0 spiro atoms. The Morgan fingerprint density at radius 3 is 2.20 bits per heavy atom. The first kappa shape index (κ1) is 11.1. The number of rotatable bonds is 3. The van der Waals surface area contributed by atoms with Gasteiger partial charge in [-0.15, -0.1) is 0 Å². The first-order valence-corrected chi connectivity index (χ1v) is 6.90. The predicted molar refractivity (Wildman–Crippen MR) is 60.4 cm³/mol. The Balaban J connectivity index is 2.43. The van der Waals surface area contributed by atoms with Crippen LogP contribution in [0.3, 0.4) is 0 Å². The lowest BCUT2D eigenvalue weighted by atomic mass is 10.4. The molecule has 1 aliphatic rings. The molecule has 82 valence electrons. The van der Waals surface area contributed by atoms with E-state index in [1.54, 1.807) is 24.3 Å². The van der Waals surface area contributed by atoms with Crippen LogP contribution < -0.4 is 0 Å². The van der Waals surface area contributed by atoms with Gasteiger partial charge in [-0.2, -0.15) is 0 Å². The average Bonchev–Trinajstić information content (AvgIpc) is 2.99. The molecule has 0 aliphatic heterocycles. The van der Waals surface area contributed by atoms with E-state index >= 15 is 0 Å². The van der Waals surface area contributed by atoms with Crippen molar-refractivity contribution < 1.29 is 13.5 Å². The first-order valence-electron chi connectivity index (χ1n) is 4.63. The van der Waals surface area contributed by atoms with Gasteiger partial charge in [0.1, 0.15) is 0 Å². The quantitative estimate of drug-likeness (QED) is 0.923. The van der Waals surface area contributed by atoms with E-state index in [-0.39, 0.29) is 11.5 Å². The molecule has 5 heteroatoms. The molecule has 3 nitrogen and oxygen atoms in total. The molecular formula is C10H11BrO3S. The zero-order valence-corrected chi connectivity index (χ0v) is 10.4. The van der Waals surface area contributed by atoms with Crippen LogP contribution in [0, 0.1) is 0 Å². The lowest BCUT2D eigenvalue weighted by Crippen LogP contribution is -2.27. The SMILES string of the molecule is O=S(=O)(c1ccc(Br)cc1)C1(CO)CC1. The average molecular weight is 291 g/mol. The number of halogens is 1. The van der Waals surface area contributed by atoms with E-state index in [0.29, 0.717) is 12.8 Å². The third kappa shape index (κ3) is 1.73. The van der Waals surface area contributed by atoms with Gasteiger partial charge < -0.3 is 5.11 Å². The van der Waals surface area contributed by atoms with Gasteiger partial charge in [-0.25, -0.2) is 8.42 Å². The molecule has 0 unspecified atom stereocenters. The van der Waals surface area contributed by atoms with Crippen LogP contribution in [0.1, 0.15) is 12.8 Å². The Labute approximate surface area is 97.2 Å². The zero-order chi connectivity index (χ0) is 11.1. The minimum atomic E-state index is -3.37. The second-order valence-corrected chi connectivity index (χ2v) is 7.06. The summed E-state index contributed by atoms with van der Waals surface area (Å²) in [5.74, 6) is 0. The van der Waals surface area contributed by atoms with Crippen molar-refractivity contribution >= 4 is 25.8 Å². The molecule has 15 heavy (non-hydrogen) atoms. The van der Waals surface area contributed by atoms with Crippen molar-refractivity contribution in [3.63, 3.8) is 0 Å². The van der Waals surface area contributed by atoms with E-state index in [1.165, 1.54) is 0 Å². The summed E-state index contributed by atoms with van der Waals surface area (Å²) in [7, 11) is -3.37. The van der Waals surface area contributed by atoms with Gasteiger partial charge >= 0.3 is 0 Å². The normalized spacial score (nSPS) is 18.8. The maximum Gasteiger partial charge on any atom is 0.186 e. The van der Waals surface area contributed by atoms with Crippen molar-refractivity contribution in [2.45, 2.75) is 22.5 Å². The van der Waals surface area contributed by atoms with Crippen LogP contribution in [0.4, 0.5) is 0 Å². The topological polar surface area (TPSA) is 54.4 Å². The molecule has 2 rings (SSSR count). The number of sulfone groups is 1. The van der Waals surface area contributed by atoms with Gasteiger partial charge in [0.2, 0.25) is 0 Å². The van der Waals surface area contributed by atoms with Gasteiger partial charge in [-0.1, -0.05) is 15.9 Å². The van der Waals surface area contributed by atoms with Gasteiger partial charge in [-0.05, 0) is 37.1 Å². The Morgan fingerprint density at radius 2 is 1.80 bits per heavy atom. The summed E-state index contributed by atoms with van der Waals surface area (Å²) in [6.07, 6.45) is 1.11. The molecule has 1 N–H and O–H groups in total. The van der Waals surface area contributed by atoms with E-state index < -0.39 is 14.6 Å². The van der Waals surface area contributed by atoms with Crippen molar-refractivity contribution in [2.24, 2.45) is 0 Å². The molecule has 0 saturated heterocycles. The summed E-state index contributed by atoms with van der Waals surface area (Å²) in [6.45, 7) is -0.286. The number of benzene rings is 1. The Morgan fingerprint density at radius 1 is 1.27 bits per heavy atom. The fraction of sp³-hybridized carbons (Fsp3) is 0.400. The largest absolute Gasteiger partial charge is 0.395 e. The van der Waals surface area contributed by atoms with Gasteiger partial charge in [0.15, 0.2) is 9.84 Å². The summed E-state index contributed by atoms with van der Waals surface area (Å²) in [6, 6.07) is 6.52. The van der Waals surface area contributed by atoms with E-state index in [4.69, 9.17) is 5.11 Å². The maximum absolute atomic E-state index is 12.1. The second-order valence-electron chi connectivity index (χ2n) is 3.80. The van der Waals surface area contributed by atoms with Gasteiger partial charge in [0, 0.05) is 4.47 Å². The number of aliphatic hydroxyl groups is 1. The molecule has 0 radical (unpaired) electrons. The molecule has 1 aromatic carbocycles. The molecule has 0 amide bonds. The van der Waals surface area contributed by atoms with Crippen LogP contribution >= 0.6 is 15.9 Å². The molecule has 1 aliphatic carbocycles. The monoisotopic (exact) mass is 290 g/mol. The summed E-state index contributed by atoms with van der Waals surface area (Å²) >= 11 is 3.25. The van der Waals surface area contributed by atoms with Crippen LogP contribution in [0.2, 0.25) is 0 Å². The summed E-state index contributed by atoms with van der Waals surface area (Å²) in [5, 5.41) is 9.12. The predicted octanol–water partition coefficient (Wildman–Crippen LogP) is 1.75. The summed E-state index contributed by atoms with van der Waals surface area (Å²) in [4.78, 5) is 0.289. The molecule has 1 fully saturated rings. The van der Waals surface area contributed by atoms with E-state index in [2.05, 4.69) is 15.9 Å². The lowest BCUT2D eigenvalue weighted by Gasteiger charge is -2.13. The van der Waals surface area contributed by atoms with Crippen LogP contribution in [0.5, 0.6) is 0 Å². The minimum Gasteiger partial charge on any atom is -0.395 e. The summed E-state index contributed by atoms with van der Waals surface area (Å²) < 4.78 is 24.1. The molecule has 1 aromatic rings. The lowest BCUT2D eigenvalue weighted by molar-refractivity contribution is 0.283. The zero-order valence-electron chi connectivity index (χ0n) is 7.98. The van der Waals surface area contributed by atoms with E-state index in [0.717, 1.165) is 4.47 Å². The molecule has 1 saturated carbocycles. The van der Waals surface area contributed by atoms with E-state index in [1.807, 2.05) is 0 Å². The standard InChI is InChI=1S/C10H11BrO3S/c11-8-1-3-9(4-2-8)15(13,14)10(7-12)5-6-10/h1-4,12H,5-7H2.